The second-order valence-electron chi connectivity index (χ2n) is 16.8. The number of piperidine rings is 1. The molecular weight excluding hydrogens is 603 g/mol. The first-order valence-corrected chi connectivity index (χ1v) is 16.6. The SMILES string of the molecule is C1=CC[N-]C=C1.C1CC[N-]CC1.CC(C)(C)C1CC(O)C(O)C(C(C)(C)C)C1.CC(C)(C)c1cc(O)c(O)c(C(C)(C)C)c1.[Mn+2]. The van der Waals surface area contributed by atoms with Gasteiger partial charge in [0, 0.05) is 5.56 Å². The summed E-state index contributed by atoms with van der Waals surface area (Å²) in [5, 5.41) is 47.8. The van der Waals surface area contributed by atoms with E-state index in [1.807, 2.05) is 45.1 Å². The van der Waals surface area contributed by atoms with E-state index in [9.17, 15) is 20.4 Å². The van der Waals surface area contributed by atoms with E-state index in [4.69, 9.17) is 0 Å². The van der Waals surface area contributed by atoms with Gasteiger partial charge in [0.25, 0.3) is 0 Å². The maximum atomic E-state index is 10.1. The Morgan fingerprint density at radius 3 is 1.60 bits per heavy atom. The zero-order chi connectivity index (χ0) is 33.9. The Bertz CT molecular complexity index is 1010. The Hall–Kier alpha value is -1.50. The van der Waals surface area contributed by atoms with Crippen molar-refractivity contribution in [3.05, 3.63) is 58.3 Å². The van der Waals surface area contributed by atoms with Crippen molar-refractivity contribution in [1.29, 1.82) is 0 Å². The van der Waals surface area contributed by atoms with Crippen LogP contribution in [0.3, 0.4) is 0 Å². The van der Waals surface area contributed by atoms with Gasteiger partial charge in [0.05, 0.1) is 12.2 Å². The number of nitrogens with zero attached hydrogens (tertiary/aromatic N) is 2. The summed E-state index contributed by atoms with van der Waals surface area (Å²) in [6.45, 7) is 28.6. The smallest absolute Gasteiger partial charge is 0.687 e. The average molecular weight is 670 g/mol. The van der Waals surface area contributed by atoms with Crippen molar-refractivity contribution in [1.82, 2.24) is 0 Å². The van der Waals surface area contributed by atoms with E-state index in [1.165, 1.54) is 19.3 Å². The van der Waals surface area contributed by atoms with Crippen LogP contribution in [-0.4, -0.2) is 52.3 Å². The molecule has 1 aromatic rings. The van der Waals surface area contributed by atoms with Crippen molar-refractivity contribution >= 4 is 0 Å². The summed E-state index contributed by atoms with van der Waals surface area (Å²) in [6.07, 6.45) is 12.4. The average Bonchev–Trinajstić information content (AvgIpc) is 2.92. The standard InChI is InChI=1S/C14H28O2.C14H22O2.C5H10N.C5H6N.Mn/c2*1-13(2,3)9-7-10(14(4,5)6)12(16)11(15)8-9;2*1-2-4-6-5-3-1;/h9-12,15-16H,7-8H2,1-6H3;7-8,15-16H,1-6H3;1-5H2;1-4H,5H2;/q;;2*-1;+2. The number of allylic oxidation sites excluding steroid dienone is 2. The minimum absolute atomic E-state index is 0. The molecule has 4 unspecified atom stereocenters. The van der Waals surface area contributed by atoms with Gasteiger partial charge in [0.15, 0.2) is 11.5 Å². The fourth-order valence-electron chi connectivity index (χ4n) is 5.55. The molecule has 2 heterocycles. The van der Waals surface area contributed by atoms with E-state index in [1.54, 1.807) is 12.3 Å². The molecule has 1 aromatic carbocycles. The van der Waals surface area contributed by atoms with Crippen LogP contribution in [0.2, 0.25) is 0 Å². The molecule has 0 bridgehead atoms. The first kappa shape index (κ1) is 43.5. The quantitative estimate of drug-likeness (QED) is 0.163. The van der Waals surface area contributed by atoms with Crippen LogP contribution in [0.25, 0.3) is 10.6 Å². The van der Waals surface area contributed by atoms with Crippen molar-refractivity contribution < 1.29 is 37.5 Å². The monoisotopic (exact) mass is 669 g/mol. The summed E-state index contributed by atoms with van der Waals surface area (Å²) in [7, 11) is 0. The van der Waals surface area contributed by atoms with Crippen molar-refractivity contribution in [3.8, 4) is 11.5 Å². The first-order valence-electron chi connectivity index (χ1n) is 16.6. The number of aliphatic hydroxyl groups excluding tert-OH is 2. The van der Waals surface area contributed by atoms with E-state index in [2.05, 4.69) is 72.9 Å². The third-order valence-corrected chi connectivity index (χ3v) is 8.75. The van der Waals surface area contributed by atoms with Crippen LogP contribution in [0.4, 0.5) is 0 Å². The van der Waals surface area contributed by atoms with Crippen LogP contribution < -0.4 is 0 Å². The minimum atomic E-state index is -0.557. The summed E-state index contributed by atoms with van der Waals surface area (Å²) in [6, 6.07) is 3.62. The molecule has 1 saturated heterocycles. The minimum Gasteiger partial charge on any atom is -0.687 e. The third-order valence-electron chi connectivity index (χ3n) is 8.75. The van der Waals surface area contributed by atoms with Crippen LogP contribution >= 0.6 is 0 Å². The molecule has 4 rings (SSSR count). The van der Waals surface area contributed by atoms with Gasteiger partial charge in [0.2, 0.25) is 0 Å². The van der Waals surface area contributed by atoms with Gasteiger partial charge in [-0.1, -0.05) is 121 Å². The topological polar surface area (TPSA) is 109 Å². The Kier molecular flexibility index (Phi) is 18.1. The molecule has 1 saturated carbocycles. The van der Waals surface area contributed by atoms with Crippen molar-refractivity contribution in [3.63, 3.8) is 0 Å². The second kappa shape index (κ2) is 18.7. The molecule has 4 N–H and O–H groups in total. The number of aliphatic hydroxyl groups is 2. The predicted octanol–water partition coefficient (Wildman–Crippen LogP) is 9.50. The number of benzene rings is 1. The summed E-state index contributed by atoms with van der Waals surface area (Å²) in [5.41, 5.74) is 1.88. The van der Waals surface area contributed by atoms with E-state index in [0.717, 1.165) is 43.6 Å². The van der Waals surface area contributed by atoms with Gasteiger partial charge in [-0.05, 0) is 58.0 Å². The van der Waals surface area contributed by atoms with Crippen LogP contribution in [0.1, 0.15) is 126 Å². The van der Waals surface area contributed by atoms with E-state index in [0.29, 0.717) is 5.92 Å². The second-order valence-corrected chi connectivity index (χ2v) is 16.8. The van der Waals surface area contributed by atoms with E-state index >= 15 is 0 Å². The zero-order valence-corrected chi connectivity index (χ0v) is 31.7. The number of phenolic OH excluding ortho intramolecular Hbond substituents is 2. The van der Waals surface area contributed by atoms with Crippen LogP contribution in [-0.2, 0) is 27.9 Å². The number of phenols is 2. The van der Waals surface area contributed by atoms with Gasteiger partial charge in [-0.2, -0.15) is 6.20 Å². The summed E-state index contributed by atoms with van der Waals surface area (Å²) >= 11 is 0. The number of hydrogen-bond acceptors (Lipinski definition) is 4. The molecule has 6 nitrogen and oxygen atoms in total. The zero-order valence-electron chi connectivity index (χ0n) is 30.5. The molecule has 259 valence electrons. The van der Waals surface area contributed by atoms with Gasteiger partial charge in [-0.15, -0.1) is 25.7 Å². The molecule has 2 fully saturated rings. The predicted molar refractivity (Wildman–Crippen MR) is 188 cm³/mol. The molecule has 1 radical (unpaired) electrons. The molecule has 0 spiro atoms. The van der Waals surface area contributed by atoms with Crippen LogP contribution in [0.5, 0.6) is 11.5 Å². The summed E-state index contributed by atoms with van der Waals surface area (Å²) in [4.78, 5) is 0. The molecular formula is C38H66MnN2O4. The van der Waals surface area contributed by atoms with Gasteiger partial charge < -0.3 is 31.1 Å². The maximum Gasteiger partial charge on any atom is 2.00 e. The largest absolute Gasteiger partial charge is 2.00 e. The number of aromatic hydroxyl groups is 2. The first-order chi connectivity index (χ1) is 20.1. The van der Waals surface area contributed by atoms with Crippen molar-refractivity contribution in [2.75, 3.05) is 19.6 Å². The molecule has 0 aromatic heterocycles. The van der Waals surface area contributed by atoms with Crippen LogP contribution in [0, 0.1) is 22.7 Å². The fourth-order valence-corrected chi connectivity index (χ4v) is 5.55. The Balaban J connectivity index is 0.000000621. The van der Waals surface area contributed by atoms with E-state index < -0.39 is 12.2 Å². The Morgan fingerprint density at radius 1 is 0.711 bits per heavy atom. The molecule has 7 heteroatoms. The Labute approximate surface area is 287 Å². The maximum absolute atomic E-state index is 10.1. The van der Waals surface area contributed by atoms with Crippen molar-refractivity contribution in [2.24, 2.45) is 22.7 Å². The summed E-state index contributed by atoms with van der Waals surface area (Å²) < 4.78 is 0. The number of hydrogen-bond donors (Lipinski definition) is 4. The van der Waals surface area contributed by atoms with E-state index in [-0.39, 0.29) is 56.1 Å². The molecule has 3 aliphatic rings. The molecule has 4 atom stereocenters. The molecule has 1 aliphatic carbocycles. The molecule has 0 amide bonds. The fraction of sp³-hybridized carbons (Fsp3) is 0.737. The molecule has 45 heavy (non-hydrogen) atoms. The third kappa shape index (κ3) is 15.8. The molecule has 2 aliphatic heterocycles. The van der Waals surface area contributed by atoms with Gasteiger partial charge in [0.1, 0.15) is 0 Å². The van der Waals surface area contributed by atoms with Gasteiger partial charge >= 0.3 is 17.1 Å². The van der Waals surface area contributed by atoms with Crippen LogP contribution in [0.15, 0.2) is 36.6 Å². The van der Waals surface area contributed by atoms with Gasteiger partial charge in [-0.3, -0.25) is 0 Å². The normalized spacial score (nSPS) is 23.4. The summed E-state index contributed by atoms with van der Waals surface area (Å²) in [5.74, 6) is 0.661. The number of rotatable bonds is 0. The van der Waals surface area contributed by atoms with Crippen molar-refractivity contribution in [2.45, 2.75) is 138 Å². The Morgan fingerprint density at radius 2 is 1.29 bits per heavy atom. The van der Waals surface area contributed by atoms with Gasteiger partial charge in [-0.25, -0.2) is 0 Å².